The van der Waals surface area contributed by atoms with Gasteiger partial charge in [0, 0.05) is 29.6 Å². The van der Waals surface area contributed by atoms with Crippen molar-refractivity contribution in [2.24, 2.45) is 22.2 Å². The summed E-state index contributed by atoms with van der Waals surface area (Å²) in [5.74, 6) is 0.535. The van der Waals surface area contributed by atoms with Gasteiger partial charge in [-0.2, -0.15) is 0 Å². The average Bonchev–Trinajstić information content (AvgIpc) is 2.24. The molecule has 4 nitrogen and oxygen atoms in total. The van der Waals surface area contributed by atoms with Crippen LogP contribution in [0.4, 0.5) is 0 Å². The topological polar surface area (TPSA) is 67.5 Å². The highest BCUT2D eigenvalue weighted by molar-refractivity contribution is 5.17. The lowest BCUT2D eigenvalue weighted by Crippen LogP contribution is -2.53. The maximum Gasteiger partial charge on any atom is 0.0796 e. The van der Waals surface area contributed by atoms with E-state index in [1.54, 1.807) is 0 Å². The van der Waals surface area contributed by atoms with E-state index >= 15 is 0 Å². The van der Waals surface area contributed by atoms with E-state index in [9.17, 15) is 4.91 Å². The summed E-state index contributed by atoms with van der Waals surface area (Å²) in [6.07, 6.45) is 0.353. The third-order valence-electron chi connectivity index (χ3n) is 3.61. The molecule has 4 heteroatoms. The monoisotopic (exact) mass is 253 g/mol. The molecule has 0 saturated heterocycles. The summed E-state index contributed by atoms with van der Waals surface area (Å²) in [4.78, 5) is 10.5. The molecular formula is C14H27N3O. The van der Waals surface area contributed by atoms with Gasteiger partial charge in [0.15, 0.2) is 0 Å². The maximum absolute atomic E-state index is 10.5. The lowest BCUT2D eigenvalue weighted by molar-refractivity contribution is 0.215. The van der Waals surface area contributed by atoms with Crippen molar-refractivity contribution in [2.45, 2.75) is 46.6 Å². The zero-order valence-electron chi connectivity index (χ0n) is 12.3. The molecule has 104 valence electrons. The summed E-state index contributed by atoms with van der Waals surface area (Å²) in [7, 11) is 0. The van der Waals surface area contributed by atoms with Gasteiger partial charge in [0.2, 0.25) is 0 Å². The van der Waals surface area contributed by atoms with Crippen LogP contribution in [0.1, 0.15) is 41.0 Å². The van der Waals surface area contributed by atoms with Gasteiger partial charge in [0.25, 0.3) is 0 Å². The summed E-state index contributed by atoms with van der Waals surface area (Å²) in [5, 5.41) is 6.15. The molecule has 0 amide bonds. The quantitative estimate of drug-likeness (QED) is 0.653. The number of nitrogens with two attached hydrogens (primary N) is 1. The first-order valence-corrected chi connectivity index (χ1v) is 6.28. The van der Waals surface area contributed by atoms with Crippen LogP contribution in [-0.4, -0.2) is 12.1 Å². The molecule has 1 unspecified atom stereocenters. The largest absolute Gasteiger partial charge is 0.388 e. The maximum atomic E-state index is 10.5. The molecule has 0 aromatic heterocycles. The van der Waals surface area contributed by atoms with Crippen LogP contribution < -0.4 is 11.1 Å². The van der Waals surface area contributed by atoms with Crippen LogP contribution >= 0.6 is 0 Å². The van der Waals surface area contributed by atoms with Crippen LogP contribution in [0.3, 0.4) is 0 Å². The van der Waals surface area contributed by atoms with Crippen LogP contribution in [0, 0.1) is 16.2 Å². The summed E-state index contributed by atoms with van der Waals surface area (Å²) < 4.78 is 0. The molecule has 0 fully saturated rings. The first-order chi connectivity index (χ1) is 8.04. The number of nitrogens with zero attached hydrogens (tertiary/aromatic N) is 1. The third-order valence-corrected chi connectivity index (χ3v) is 3.61. The molecule has 0 radical (unpaired) electrons. The van der Waals surface area contributed by atoms with Gasteiger partial charge < -0.3 is 11.1 Å². The van der Waals surface area contributed by atoms with E-state index in [0.717, 1.165) is 12.2 Å². The molecule has 0 bridgehead atoms. The first-order valence-electron chi connectivity index (χ1n) is 6.28. The highest BCUT2D eigenvalue weighted by atomic mass is 16.3. The summed E-state index contributed by atoms with van der Waals surface area (Å²) in [5.41, 5.74) is 6.47. The van der Waals surface area contributed by atoms with Crippen molar-refractivity contribution in [3.63, 3.8) is 0 Å². The molecule has 0 aromatic carbocycles. The van der Waals surface area contributed by atoms with Crippen molar-refractivity contribution >= 4 is 0 Å². The fourth-order valence-corrected chi connectivity index (χ4v) is 1.57. The second-order valence-electron chi connectivity index (χ2n) is 6.13. The van der Waals surface area contributed by atoms with Gasteiger partial charge in [0.1, 0.15) is 0 Å². The molecule has 1 atom stereocenters. The predicted molar refractivity (Wildman–Crippen MR) is 77.9 cm³/mol. The molecule has 18 heavy (non-hydrogen) atoms. The van der Waals surface area contributed by atoms with Gasteiger partial charge in [-0.25, -0.2) is 0 Å². The third kappa shape index (κ3) is 4.26. The highest BCUT2D eigenvalue weighted by Gasteiger charge is 2.40. The Hall–Kier alpha value is -1.16. The van der Waals surface area contributed by atoms with E-state index in [4.69, 9.17) is 5.73 Å². The van der Waals surface area contributed by atoms with Crippen molar-refractivity contribution in [2.75, 3.05) is 6.54 Å². The van der Waals surface area contributed by atoms with Crippen molar-refractivity contribution in [1.29, 1.82) is 0 Å². The van der Waals surface area contributed by atoms with Gasteiger partial charge in [-0.05, 0) is 18.0 Å². The van der Waals surface area contributed by atoms with Crippen molar-refractivity contribution < 1.29 is 0 Å². The van der Waals surface area contributed by atoms with E-state index in [1.165, 1.54) is 0 Å². The van der Waals surface area contributed by atoms with Gasteiger partial charge in [-0.3, -0.25) is 0 Å². The van der Waals surface area contributed by atoms with Crippen LogP contribution in [0.15, 0.2) is 29.7 Å². The second-order valence-corrected chi connectivity index (χ2v) is 6.13. The summed E-state index contributed by atoms with van der Waals surface area (Å²) in [6, 6.07) is 0. The Labute approximate surface area is 111 Å². The van der Waals surface area contributed by atoms with Crippen LogP contribution in [0.5, 0.6) is 0 Å². The molecular weight excluding hydrogens is 226 g/mol. The van der Waals surface area contributed by atoms with E-state index in [0.29, 0.717) is 12.3 Å². The van der Waals surface area contributed by atoms with Gasteiger partial charge in [0.05, 0.1) is 5.70 Å². The van der Waals surface area contributed by atoms with Crippen molar-refractivity contribution in [1.82, 2.24) is 5.32 Å². The van der Waals surface area contributed by atoms with Crippen LogP contribution in [0.2, 0.25) is 0 Å². The minimum Gasteiger partial charge on any atom is -0.388 e. The minimum atomic E-state index is -0.626. The molecule has 0 aliphatic carbocycles. The lowest BCUT2D eigenvalue weighted by Gasteiger charge is -2.43. The Bertz CT molecular complexity index is 330. The number of nitrogens with one attached hydrogen (secondary N) is 1. The normalized spacial score (nSPS) is 15.1. The Balaban J connectivity index is 4.82. The average molecular weight is 253 g/mol. The summed E-state index contributed by atoms with van der Waals surface area (Å²) >= 11 is 0. The number of hydrogen-bond donors (Lipinski definition) is 2. The molecule has 0 heterocycles. The van der Waals surface area contributed by atoms with Crippen LogP contribution in [0.25, 0.3) is 0 Å². The van der Waals surface area contributed by atoms with E-state index < -0.39 is 5.54 Å². The zero-order valence-corrected chi connectivity index (χ0v) is 12.3. The van der Waals surface area contributed by atoms with Crippen LogP contribution in [-0.2, 0) is 0 Å². The number of hydrogen-bond acceptors (Lipinski definition) is 4. The smallest absolute Gasteiger partial charge is 0.0796 e. The molecule has 0 aliphatic heterocycles. The molecule has 0 spiro atoms. The highest BCUT2D eigenvalue weighted by Crippen LogP contribution is 2.38. The zero-order chi connectivity index (χ0) is 14.6. The summed E-state index contributed by atoms with van der Waals surface area (Å²) in [6.45, 7) is 18.7. The fourth-order valence-electron chi connectivity index (χ4n) is 1.57. The minimum absolute atomic E-state index is 0.268. The Morgan fingerprint density at radius 1 is 1.33 bits per heavy atom. The molecule has 3 N–H and O–H groups in total. The lowest BCUT2D eigenvalue weighted by atomic mass is 9.69. The van der Waals surface area contributed by atoms with E-state index in [-0.39, 0.29) is 11.1 Å². The van der Waals surface area contributed by atoms with Crippen molar-refractivity contribution in [3.8, 4) is 0 Å². The Morgan fingerprint density at radius 3 is 2.22 bits per heavy atom. The Kier molecular flexibility index (Phi) is 5.74. The van der Waals surface area contributed by atoms with Gasteiger partial charge in [-0.15, -0.1) is 4.91 Å². The standard InChI is InChI=1S/C14H27N3O/c1-10(2)9-16-12(4)13(5,6)14(7,15)8-11(3)17-18/h10,16H,3-4,8-9,15H2,1-2,5-7H3. The van der Waals surface area contributed by atoms with Gasteiger partial charge >= 0.3 is 0 Å². The SMILES string of the molecule is C=C(CC(C)(N)C(C)(C)C(=C)NCC(C)C)N=O. The molecule has 0 aliphatic rings. The predicted octanol–water partition coefficient (Wildman–Crippen LogP) is 3.16. The second kappa shape index (κ2) is 6.14. The first kappa shape index (κ1) is 16.8. The number of nitroso groups, excluding NO2 is 1. The molecule has 0 aromatic rings. The molecule has 0 rings (SSSR count). The van der Waals surface area contributed by atoms with Gasteiger partial charge in [-0.1, -0.05) is 40.9 Å². The number of rotatable bonds is 8. The van der Waals surface area contributed by atoms with E-state index in [1.807, 2.05) is 20.8 Å². The van der Waals surface area contributed by atoms with E-state index in [2.05, 4.69) is 37.5 Å². The van der Waals surface area contributed by atoms with Crippen molar-refractivity contribution in [3.05, 3.63) is 29.5 Å². The Morgan fingerprint density at radius 2 is 1.83 bits per heavy atom. The molecule has 0 saturated carbocycles. The fraction of sp³-hybridized carbons (Fsp3) is 0.714.